The van der Waals surface area contributed by atoms with Gasteiger partial charge in [0.05, 0.1) is 15.4 Å². The molecule has 1 aliphatic rings. The van der Waals surface area contributed by atoms with Gasteiger partial charge in [0.1, 0.15) is 17.0 Å². The van der Waals surface area contributed by atoms with E-state index in [-0.39, 0.29) is 11.9 Å². The number of primary amides is 1. The van der Waals surface area contributed by atoms with E-state index in [1.807, 2.05) is 61.2 Å². The van der Waals surface area contributed by atoms with Crippen LogP contribution in [0.25, 0.3) is 21.4 Å². The molecule has 0 aliphatic carbocycles. The number of benzene rings is 2. The predicted octanol–water partition coefficient (Wildman–Crippen LogP) is 4.73. The molecule has 4 aromatic rings. The third kappa shape index (κ3) is 3.48. The maximum atomic E-state index is 13.5. The molecule has 2 amide bonds. The fraction of sp³-hybridized carbons (Fsp3) is 0.240. The molecule has 2 aromatic carbocycles. The lowest BCUT2D eigenvalue weighted by Gasteiger charge is -2.40. The standard InChI is InChI=1S/C25H23N3O3S/c1-14-6-5-7-16(12-14)23-22(27-15(2)32-23)25(30)28-11-10-17(28)13-20-21(24(26)29)18-8-3-4-9-19(18)31-20/h3-9,12,17H,10-11,13H2,1-2H3,(H2,26,29). The third-order valence-corrected chi connectivity index (χ3v) is 6.98. The number of fused-ring (bicyclic) bond motifs is 1. The van der Waals surface area contributed by atoms with Gasteiger partial charge in [0.2, 0.25) is 0 Å². The molecule has 1 unspecified atom stereocenters. The van der Waals surface area contributed by atoms with Crippen LogP contribution < -0.4 is 5.73 Å². The molecule has 1 atom stereocenters. The Balaban J connectivity index is 1.44. The van der Waals surface area contributed by atoms with Crippen molar-refractivity contribution in [1.82, 2.24) is 9.88 Å². The van der Waals surface area contributed by atoms with Gasteiger partial charge in [-0.1, -0.05) is 48.0 Å². The summed E-state index contributed by atoms with van der Waals surface area (Å²) >= 11 is 1.53. The number of hydrogen-bond donors (Lipinski definition) is 1. The second-order valence-corrected chi connectivity index (χ2v) is 9.39. The van der Waals surface area contributed by atoms with Crippen LogP contribution >= 0.6 is 11.3 Å². The number of likely N-dealkylation sites (tertiary alicyclic amines) is 1. The van der Waals surface area contributed by atoms with Crippen molar-refractivity contribution in [3.8, 4) is 10.4 Å². The van der Waals surface area contributed by atoms with Crippen LogP contribution in [0.2, 0.25) is 0 Å². The van der Waals surface area contributed by atoms with Gasteiger partial charge in [0, 0.05) is 24.4 Å². The molecule has 7 heteroatoms. The molecule has 1 saturated heterocycles. The van der Waals surface area contributed by atoms with E-state index in [4.69, 9.17) is 10.2 Å². The second kappa shape index (κ2) is 7.91. The maximum Gasteiger partial charge on any atom is 0.274 e. The van der Waals surface area contributed by atoms with Gasteiger partial charge in [-0.25, -0.2) is 4.98 Å². The molecule has 0 bridgehead atoms. The zero-order valence-corrected chi connectivity index (χ0v) is 18.7. The first kappa shape index (κ1) is 20.5. The van der Waals surface area contributed by atoms with Crippen molar-refractivity contribution in [2.24, 2.45) is 5.73 Å². The van der Waals surface area contributed by atoms with Crippen LogP contribution in [-0.4, -0.2) is 34.3 Å². The summed E-state index contributed by atoms with van der Waals surface area (Å²) in [5.74, 6) is -0.0626. The summed E-state index contributed by atoms with van der Waals surface area (Å²) in [4.78, 5) is 32.9. The summed E-state index contributed by atoms with van der Waals surface area (Å²) in [7, 11) is 0. The molecule has 0 saturated carbocycles. The van der Waals surface area contributed by atoms with Crippen molar-refractivity contribution in [3.63, 3.8) is 0 Å². The van der Waals surface area contributed by atoms with E-state index in [9.17, 15) is 9.59 Å². The fourth-order valence-corrected chi connectivity index (χ4v) is 5.24. The highest BCUT2D eigenvalue weighted by molar-refractivity contribution is 7.15. The van der Waals surface area contributed by atoms with E-state index >= 15 is 0 Å². The largest absolute Gasteiger partial charge is 0.460 e. The molecule has 1 fully saturated rings. The second-order valence-electron chi connectivity index (χ2n) is 8.19. The average molecular weight is 446 g/mol. The van der Waals surface area contributed by atoms with E-state index < -0.39 is 5.91 Å². The number of aryl methyl sites for hydroxylation is 2. The number of nitrogens with two attached hydrogens (primary N) is 1. The molecular weight excluding hydrogens is 422 g/mol. The first-order chi connectivity index (χ1) is 15.4. The topological polar surface area (TPSA) is 89.4 Å². The summed E-state index contributed by atoms with van der Waals surface area (Å²) < 4.78 is 5.96. The van der Waals surface area contributed by atoms with Crippen LogP contribution in [-0.2, 0) is 6.42 Å². The Morgan fingerprint density at radius 3 is 2.72 bits per heavy atom. The lowest BCUT2D eigenvalue weighted by atomic mass is 9.95. The zero-order valence-electron chi connectivity index (χ0n) is 17.9. The van der Waals surface area contributed by atoms with Crippen LogP contribution in [0.3, 0.4) is 0 Å². The number of thiazole rings is 1. The monoisotopic (exact) mass is 445 g/mol. The van der Waals surface area contributed by atoms with E-state index in [1.54, 1.807) is 0 Å². The Hall–Kier alpha value is -3.45. The lowest BCUT2D eigenvalue weighted by Crippen LogP contribution is -2.52. The van der Waals surface area contributed by atoms with E-state index in [0.717, 1.165) is 27.4 Å². The molecule has 2 aromatic heterocycles. The van der Waals surface area contributed by atoms with Crippen molar-refractivity contribution in [3.05, 3.63) is 76.1 Å². The first-order valence-electron chi connectivity index (χ1n) is 10.6. The van der Waals surface area contributed by atoms with Crippen LogP contribution in [0.5, 0.6) is 0 Å². The highest BCUT2D eigenvalue weighted by atomic mass is 32.1. The van der Waals surface area contributed by atoms with Gasteiger partial charge in [0.25, 0.3) is 11.8 Å². The lowest BCUT2D eigenvalue weighted by molar-refractivity contribution is 0.0450. The first-order valence-corrected chi connectivity index (χ1v) is 11.4. The number of hydrogen-bond acceptors (Lipinski definition) is 5. The van der Waals surface area contributed by atoms with Crippen molar-refractivity contribution >= 4 is 34.1 Å². The molecule has 0 spiro atoms. The average Bonchev–Trinajstić information content (AvgIpc) is 3.31. The van der Waals surface area contributed by atoms with Crippen LogP contribution in [0, 0.1) is 13.8 Å². The minimum atomic E-state index is -0.515. The van der Waals surface area contributed by atoms with E-state index in [0.29, 0.717) is 41.0 Å². The van der Waals surface area contributed by atoms with Crippen LogP contribution in [0.1, 0.15) is 43.6 Å². The molecule has 6 nitrogen and oxygen atoms in total. The summed E-state index contributed by atoms with van der Waals surface area (Å²) in [6.07, 6.45) is 1.28. The van der Waals surface area contributed by atoms with Gasteiger partial charge in [-0.05, 0) is 31.9 Å². The predicted molar refractivity (Wildman–Crippen MR) is 125 cm³/mol. The molecule has 32 heavy (non-hydrogen) atoms. The number of furan rings is 1. The molecule has 1 aliphatic heterocycles. The smallest absolute Gasteiger partial charge is 0.274 e. The highest BCUT2D eigenvalue weighted by Gasteiger charge is 2.37. The summed E-state index contributed by atoms with van der Waals surface area (Å²) in [5.41, 5.74) is 9.32. The van der Waals surface area contributed by atoms with Crippen molar-refractivity contribution in [2.75, 3.05) is 6.54 Å². The number of para-hydroxylation sites is 1. The van der Waals surface area contributed by atoms with Gasteiger partial charge in [-0.15, -0.1) is 11.3 Å². The number of carbonyl (C=O) groups is 2. The number of nitrogens with zero attached hydrogens (tertiary/aromatic N) is 2. The molecular formula is C25H23N3O3S. The minimum Gasteiger partial charge on any atom is -0.460 e. The highest BCUT2D eigenvalue weighted by Crippen LogP contribution is 2.35. The fourth-order valence-electron chi connectivity index (χ4n) is 4.33. The summed E-state index contributed by atoms with van der Waals surface area (Å²) in [5, 5.41) is 1.57. The van der Waals surface area contributed by atoms with E-state index in [2.05, 4.69) is 11.1 Å². The number of rotatable bonds is 5. The third-order valence-electron chi connectivity index (χ3n) is 5.96. The van der Waals surface area contributed by atoms with E-state index in [1.165, 1.54) is 11.3 Å². The van der Waals surface area contributed by atoms with Gasteiger partial charge in [0.15, 0.2) is 0 Å². The van der Waals surface area contributed by atoms with Gasteiger partial charge in [-0.2, -0.15) is 0 Å². The van der Waals surface area contributed by atoms with Gasteiger partial charge < -0.3 is 15.1 Å². The SMILES string of the molecule is Cc1cccc(-c2sc(C)nc2C(=O)N2CCC2Cc2oc3ccccc3c2C(N)=O)c1. The maximum absolute atomic E-state index is 13.5. The molecule has 3 heterocycles. The molecule has 162 valence electrons. The van der Waals surface area contributed by atoms with Crippen molar-refractivity contribution < 1.29 is 14.0 Å². The normalized spacial score (nSPS) is 15.7. The summed E-state index contributed by atoms with van der Waals surface area (Å²) in [6, 6.07) is 15.4. The minimum absolute atomic E-state index is 0.0615. The Labute approximate surface area is 189 Å². The van der Waals surface area contributed by atoms with Gasteiger partial charge in [-0.3, -0.25) is 9.59 Å². The zero-order chi connectivity index (χ0) is 22.4. The molecule has 5 rings (SSSR count). The Morgan fingerprint density at radius 1 is 1.19 bits per heavy atom. The molecule has 0 radical (unpaired) electrons. The number of carbonyl (C=O) groups excluding carboxylic acids is 2. The Bertz CT molecular complexity index is 1350. The van der Waals surface area contributed by atoms with Crippen molar-refractivity contribution in [1.29, 1.82) is 0 Å². The number of aromatic nitrogens is 1. The number of amides is 2. The summed E-state index contributed by atoms with van der Waals surface area (Å²) in [6.45, 7) is 4.61. The van der Waals surface area contributed by atoms with Gasteiger partial charge >= 0.3 is 0 Å². The molecule has 2 N–H and O–H groups in total. The van der Waals surface area contributed by atoms with Crippen molar-refractivity contribution in [2.45, 2.75) is 32.7 Å². The Kier molecular flexibility index (Phi) is 5.06. The quantitative estimate of drug-likeness (QED) is 0.481. The van der Waals surface area contributed by atoms with Crippen LogP contribution in [0.4, 0.5) is 0 Å². The Morgan fingerprint density at radius 2 is 2.00 bits per heavy atom. The van der Waals surface area contributed by atoms with Crippen LogP contribution in [0.15, 0.2) is 52.9 Å².